The molecule has 64 valence electrons. The lowest BCUT2D eigenvalue weighted by molar-refractivity contribution is 0.102. The third-order valence-corrected chi connectivity index (χ3v) is 3.60. The van der Waals surface area contributed by atoms with E-state index < -0.39 is 0 Å². The molecule has 0 aliphatic heterocycles. The first-order valence-electron chi connectivity index (χ1n) is 4.39. The zero-order valence-electron chi connectivity index (χ0n) is 7.22. The number of aryl methyl sites for hydroxylation is 1. The van der Waals surface area contributed by atoms with Crippen molar-refractivity contribution in [1.82, 2.24) is 0 Å². The summed E-state index contributed by atoms with van der Waals surface area (Å²) in [6.07, 6.45) is 4.85. The molecule has 12 heavy (non-hydrogen) atoms. The van der Waals surface area contributed by atoms with E-state index in [1.165, 1.54) is 30.4 Å². The summed E-state index contributed by atoms with van der Waals surface area (Å²) >= 11 is 1.62. The van der Waals surface area contributed by atoms with Crippen LogP contribution in [-0.4, -0.2) is 5.78 Å². The molecule has 1 aromatic heterocycles. The fourth-order valence-electron chi connectivity index (χ4n) is 1.81. The highest BCUT2D eigenvalue weighted by molar-refractivity contribution is 7.12. The lowest BCUT2D eigenvalue weighted by Gasteiger charge is -2.11. The molecule has 1 nitrogen and oxygen atoms in total. The van der Waals surface area contributed by atoms with Gasteiger partial charge in [-0.3, -0.25) is 4.79 Å². The highest BCUT2D eigenvalue weighted by Crippen LogP contribution is 2.29. The largest absolute Gasteiger partial charge is 0.294 e. The van der Waals surface area contributed by atoms with Gasteiger partial charge in [0.05, 0.1) is 4.88 Å². The first-order valence-corrected chi connectivity index (χ1v) is 5.27. The summed E-state index contributed by atoms with van der Waals surface area (Å²) < 4.78 is 0. The first kappa shape index (κ1) is 7.99. The van der Waals surface area contributed by atoms with Crippen LogP contribution in [0.2, 0.25) is 0 Å². The van der Waals surface area contributed by atoms with Crippen molar-refractivity contribution in [3.05, 3.63) is 21.4 Å². The van der Waals surface area contributed by atoms with Gasteiger partial charge in [-0.05, 0) is 49.1 Å². The van der Waals surface area contributed by atoms with Gasteiger partial charge in [0.25, 0.3) is 0 Å². The van der Waals surface area contributed by atoms with Gasteiger partial charge in [0, 0.05) is 0 Å². The van der Waals surface area contributed by atoms with Gasteiger partial charge in [-0.15, -0.1) is 11.3 Å². The molecule has 1 aromatic rings. The Morgan fingerprint density at radius 1 is 1.42 bits per heavy atom. The molecular formula is C10H12OS. The molecule has 0 unspecified atom stereocenters. The molecular weight excluding hydrogens is 168 g/mol. The quantitative estimate of drug-likeness (QED) is 0.607. The number of ketones is 1. The molecule has 0 spiro atoms. The molecule has 0 atom stereocenters. The Kier molecular flexibility index (Phi) is 2.01. The molecule has 1 aliphatic carbocycles. The molecule has 1 aliphatic rings. The van der Waals surface area contributed by atoms with Crippen LogP contribution in [0.4, 0.5) is 0 Å². The Labute approximate surface area is 76.4 Å². The number of hydrogen-bond donors (Lipinski definition) is 0. The normalized spacial score (nSPS) is 15.8. The summed E-state index contributed by atoms with van der Waals surface area (Å²) in [5, 5.41) is 2.16. The van der Waals surface area contributed by atoms with E-state index in [0.29, 0.717) is 0 Å². The third kappa shape index (κ3) is 1.20. The van der Waals surface area contributed by atoms with Crippen molar-refractivity contribution < 1.29 is 4.79 Å². The molecule has 0 saturated carbocycles. The molecule has 2 heteroatoms. The van der Waals surface area contributed by atoms with Crippen molar-refractivity contribution >= 4 is 17.1 Å². The smallest absolute Gasteiger partial charge is 0.169 e. The maximum atomic E-state index is 11.2. The van der Waals surface area contributed by atoms with Crippen molar-refractivity contribution in [3.8, 4) is 0 Å². The summed E-state index contributed by atoms with van der Waals surface area (Å²) in [7, 11) is 0. The zero-order valence-corrected chi connectivity index (χ0v) is 8.04. The van der Waals surface area contributed by atoms with Gasteiger partial charge in [-0.2, -0.15) is 0 Å². The summed E-state index contributed by atoms with van der Waals surface area (Å²) in [4.78, 5) is 12.2. The molecule has 0 N–H and O–H groups in total. The van der Waals surface area contributed by atoms with E-state index in [-0.39, 0.29) is 5.78 Å². The van der Waals surface area contributed by atoms with E-state index in [2.05, 4.69) is 5.38 Å². The second kappa shape index (κ2) is 3.02. The van der Waals surface area contributed by atoms with Gasteiger partial charge in [0.2, 0.25) is 0 Å². The number of Topliss-reactive ketones (excluding diaryl/α,β-unsaturated/α-hetero) is 1. The van der Waals surface area contributed by atoms with E-state index in [1.807, 2.05) is 0 Å². The number of fused-ring (bicyclic) bond motifs is 1. The Morgan fingerprint density at radius 3 is 2.92 bits per heavy atom. The standard InChI is InChI=1S/C10H12OS/c1-7(11)10-9-5-3-2-4-8(9)6-12-10/h6H,2-5H2,1H3. The summed E-state index contributed by atoms with van der Waals surface area (Å²) in [6.45, 7) is 1.67. The van der Waals surface area contributed by atoms with Crippen LogP contribution in [-0.2, 0) is 12.8 Å². The Balaban J connectivity index is 2.44. The van der Waals surface area contributed by atoms with Crippen LogP contribution in [0.15, 0.2) is 5.38 Å². The fourth-order valence-corrected chi connectivity index (χ4v) is 2.88. The van der Waals surface area contributed by atoms with Crippen molar-refractivity contribution in [2.45, 2.75) is 32.6 Å². The van der Waals surface area contributed by atoms with Gasteiger partial charge in [-0.1, -0.05) is 0 Å². The van der Waals surface area contributed by atoms with E-state index in [1.54, 1.807) is 18.3 Å². The third-order valence-electron chi connectivity index (χ3n) is 2.42. The summed E-state index contributed by atoms with van der Waals surface area (Å²) in [6, 6.07) is 0. The molecule has 0 saturated heterocycles. The Morgan fingerprint density at radius 2 is 2.17 bits per heavy atom. The first-order chi connectivity index (χ1) is 5.79. The zero-order chi connectivity index (χ0) is 8.55. The number of carbonyl (C=O) groups excluding carboxylic acids is 1. The fraction of sp³-hybridized carbons (Fsp3) is 0.500. The topological polar surface area (TPSA) is 17.1 Å². The van der Waals surface area contributed by atoms with Gasteiger partial charge >= 0.3 is 0 Å². The number of thiophene rings is 1. The van der Waals surface area contributed by atoms with Crippen LogP contribution >= 0.6 is 11.3 Å². The van der Waals surface area contributed by atoms with E-state index in [0.717, 1.165) is 11.3 Å². The highest BCUT2D eigenvalue weighted by atomic mass is 32.1. The molecule has 2 rings (SSSR count). The molecule has 0 amide bonds. The van der Waals surface area contributed by atoms with E-state index in [4.69, 9.17) is 0 Å². The maximum Gasteiger partial charge on any atom is 0.169 e. The van der Waals surface area contributed by atoms with Crippen molar-refractivity contribution in [2.24, 2.45) is 0 Å². The summed E-state index contributed by atoms with van der Waals surface area (Å²) in [5.74, 6) is 0.239. The summed E-state index contributed by atoms with van der Waals surface area (Å²) in [5.41, 5.74) is 2.77. The van der Waals surface area contributed by atoms with Crippen LogP contribution < -0.4 is 0 Å². The maximum absolute atomic E-state index is 11.2. The minimum absolute atomic E-state index is 0.239. The van der Waals surface area contributed by atoms with Crippen molar-refractivity contribution in [3.63, 3.8) is 0 Å². The minimum atomic E-state index is 0.239. The predicted molar refractivity (Wildman–Crippen MR) is 51.0 cm³/mol. The average Bonchev–Trinajstić information content (AvgIpc) is 2.47. The van der Waals surface area contributed by atoms with Crippen LogP contribution in [0.25, 0.3) is 0 Å². The Bertz CT molecular complexity index is 312. The van der Waals surface area contributed by atoms with Gasteiger partial charge in [0.1, 0.15) is 0 Å². The van der Waals surface area contributed by atoms with Gasteiger partial charge in [0.15, 0.2) is 5.78 Å². The van der Waals surface area contributed by atoms with E-state index in [9.17, 15) is 4.79 Å². The van der Waals surface area contributed by atoms with Gasteiger partial charge in [-0.25, -0.2) is 0 Å². The highest BCUT2D eigenvalue weighted by Gasteiger charge is 2.17. The SMILES string of the molecule is CC(=O)c1scc2c1CCCC2. The second-order valence-corrected chi connectivity index (χ2v) is 4.21. The van der Waals surface area contributed by atoms with Crippen LogP contribution in [0, 0.1) is 0 Å². The van der Waals surface area contributed by atoms with E-state index >= 15 is 0 Å². The lowest BCUT2D eigenvalue weighted by atomic mass is 9.93. The number of carbonyl (C=O) groups is 1. The average molecular weight is 180 g/mol. The van der Waals surface area contributed by atoms with Crippen LogP contribution in [0.1, 0.15) is 40.6 Å². The number of rotatable bonds is 1. The second-order valence-electron chi connectivity index (χ2n) is 3.33. The van der Waals surface area contributed by atoms with Crippen molar-refractivity contribution in [2.75, 3.05) is 0 Å². The lowest BCUT2D eigenvalue weighted by Crippen LogP contribution is -2.03. The molecule has 0 aromatic carbocycles. The van der Waals surface area contributed by atoms with Crippen LogP contribution in [0.3, 0.4) is 0 Å². The predicted octanol–water partition coefficient (Wildman–Crippen LogP) is 2.83. The Hall–Kier alpha value is -0.630. The minimum Gasteiger partial charge on any atom is -0.294 e. The molecule has 0 bridgehead atoms. The van der Waals surface area contributed by atoms with Crippen molar-refractivity contribution in [1.29, 1.82) is 0 Å². The monoisotopic (exact) mass is 180 g/mol. The molecule has 1 heterocycles. The van der Waals surface area contributed by atoms with Gasteiger partial charge < -0.3 is 0 Å². The van der Waals surface area contributed by atoms with Crippen LogP contribution in [0.5, 0.6) is 0 Å². The molecule has 0 radical (unpaired) electrons. The molecule has 0 fully saturated rings. The number of hydrogen-bond acceptors (Lipinski definition) is 2.